The molecule has 5 nitrogen and oxygen atoms in total. The Morgan fingerprint density at radius 3 is 2.47 bits per heavy atom. The van der Waals surface area contributed by atoms with Gasteiger partial charge in [-0.25, -0.2) is 9.59 Å². The number of amides is 1. The molecule has 1 aromatic carbocycles. The number of aryl methyl sites for hydroxylation is 1. The van der Waals surface area contributed by atoms with Crippen molar-refractivity contribution in [2.24, 2.45) is 0 Å². The largest absolute Gasteiger partial charge is 0.478 e. The van der Waals surface area contributed by atoms with E-state index in [4.69, 9.17) is 9.84 Å². The van der Waals surface area contributed by atoms with Gasteiger partial charge in [0.25, 0.3) is 0 Å². The Kier molecular flexibility index (Phi) is 4.09. The van der Waals surface area contributed by atoms with Crippen LogP contribution in [0.25, 0.3) is 0 Å². The molecule has 0 atom stereocenters. The summed E-state index contributed by atoms with van der Waals surface area (Å²) in [6.07, 6.45) is -0.753. The van der Waals surface area contributed by atoms with Crippen LogP contribution in [0.5, 0.6) is 0 Å². The van der Waals surface area contributed by atoms with E-state index in [1.54, 1.807) is 26.8 Å². The van der Waals surface area contributed by atoms with Gasteiger partial charge in [0.15, 0.2) is 0 Å². The van der Waals surface area contributed by atoms with Crippen molar-refractivity contribution < 1.29 is 19.4 Å². The van der Waals surface area contributed by atoms with Gasteiger partial charge in [-0.2, -0.15) is 0 Å². The Hall–Kier alpha value is -2.04. The van der Waals surface area contributed by atoms with Crippen LogP contribution in [0.3, 0.4) is 0 Å². The molecule has 0 aliphatic heterocycles. The van der Waals surface area contributed by atoms with Gasteiger partial charge in [0.2, 0.25) is 0 Å². The molecule has 1 amide bonds. The van der Waals surface area contributed by atoms with E-state index in [-0.39, 0.29) is 11.7 Å². The number of hydrogen-bond donors (Lipinski definition) is 2. The molecule has 0 saturated heterocycles. The monoisotopic (exact) mass is 237 g/mol. The molecule has 5 heteroatoms. The number of carbonyl (C=O) groups excluding carboxylic acids is 1. The summed E-state index contributed by atoms with van der Waals surface area (Å²) in [5, 5.41) is 11.4. The number of ether oxygens (including phenoxy) is 1. The Bertz CT molecular complexity index is 440. The fraction of sp³-hybridized carbons (Fsp3) is 0.333. The highest BCUT2D eigenvalue weighted by Crippen LogP contribution is 2.15. The van der Waals surface area contributed by atoms with E-state index in [1.807, 2.05) is 0 Å². The van der Waals surface area contributed by atoms with Gasteiger partial charge in [-0.1, -0.05) is 0 Å². The third-order valence-electron chi connectivity index (χ3n) is 2.05. The van der Waals surface area contributed by atoms with E-state index in [9.17, 15) is 9.59 Å². The molecule has 0 spiro atoms. The van der Waals surface area contributed by atoms with Crippen LogP contribution in [-0.4, -0.2) is 23.3 Å². The second-order valence-electron chi connectivity index (χ2n) is 3.91. The zero-order valence-electron chi connectivity index (χ0n) is 9.98. The molecule has 1 rings (SSSR count). The zero-order valence-corrected chi connectivity index (χ0v) is 9.98. The van der Waals surface area contributed by atoms with Crippen molar-refractivity contribution in [1.82, 2.24) is 0 Å². The van der Waals surface area contributed by atoms with Crippen molar-refractivity contribution in [3.8, 4) is 0 Å². The molecule has 0 heterocycles. The van der Waals surface area contributed by atoms with Crippen LogP contribution in [0.4, 0.5) is 10.5 Å². The Labute approximate surface area is 99.4 Å². The normalized spacial score (nSPS) is 10.1. The smallest absolute Gasteiger partial charge is 0.411 e. The number of anilines is 1. The lowest BCUT2D eigenvalue weighted by molar-refractivity contribution is 0.0696. The summed E-state index contributed by atoms with van der Waals surface area (Å²) in [6.45, 7) is 5.17. The van der Waals surface area contributed by atoms with Crippen LogP contribution in [0.2, 0.25) is 0 Å². The second kappa shape index (κ2) is 5.34. The standard InChI is InChI=1S/C12H15NO4/c1-7(2)17-12(16)13-9-4-5-10(11(14)15)8(3)6-9/h4-7H,1-3H3,(H,13,16)(H,14,15). The maximum Gasteiger partial charge on any atom is 0.411 e. The fourth-order valence-electron chi connectivity index (χ4n) is 1.34. The van der Waals surface area contributed by atoms with E-state index in [2.05, 4.69) is 5.32 Å². The summed E-state index contributed by atoms with van der Waals surface area (Å²) in [5.74, 6) is -0.987. The lowest BCUT2D eigenvalue weighted by Crippen LogP contribution is -2.18. The maximum atomic E-state index is 11.3. The number of rotatable bonds is 3. The molecule has 0 saturated carbocycles. The zero-order chi connectivity index (χ0) is 13.0. The van der Waals surface area contributed by atoms with Gasteiger partial charge in [0.1, 0.15) is 0 Å². The van der Waals surface area contributed by atoms with Crippen LogP contribution in [-0.2, 0) is 4.74 Å². The fourth-order valence-corrected chi connectivity index (χ4v) is 1.34. The van der Waals surface area contributed by atoms with Gasteiger partial charge in [0, 0.05) is 5.69 Å². The highest BCUT2D eigenvalue weighted by atomic mass is 16.6. The molecule has 0 unspecified atom stereocenters. The molecule has 1 aromatic rings. The highest BCUT2D eigenvalue weighted by molar-refractivity contribution is 5.91. The summed E-state index contributed by atoms with van der Waals surface area (Å²) in [7, 11) is 0. The van der Waals surface area contributed by atoms with Crippen LogP contribution in [0, 0.1) is 6.92 Å². The van der Waals surface area contributed by atoms with E-state index in [0.29, 0.717) is 11.3 Å². The quantitative estimate of drug-likeness (QED) is 0.847. The summed E-state index contributed by atoms with van der Waals surface area (Å²) >= 11 is 0. The summed E-state index contributed by atoms with van der Waals surface area (Å²) in [5.41, 5.74) is 1.31. The molecule has 92 valence electrons. The topological polar surface area (TPSA) is 75.6 Å². The van der Waals surface area contributed by atoms with Gasteiger partial charge < -0.3 is 9.84 Å². The number of carboxylic acid groups (broad SMARTS) is 1. The predicted molar refractivity (Wildman–Crippen MR) is 63.4 cm³/mol. The second-order valence-corrected chi connectivity index (χ2v) is 3.91. The van der Waals surface area contributed by atoms with Gasteiger partial charge in [0.05, 0.1) is 11.7 Å². The number of benzene rings is 1. The first-order valence-electron chi connectivity index (χ1n) is 5.21. The lowest BCUT2D eigenvalue weighted by atomic mass is 10.1. The van der Waals surface area contributed by atoms with E-state index in [0.717, 1.165) is 0 Å². The average molecular weight is 237 g/mol. The van der Waals surface area contributed by atoms with Crippen molar-refractivity contribution in [1.29, 1.82) is 0 Å². The van der Waals surface area contributed by atoms with Crippen LogP contribution >= 0.6 is 0 Å². The summed E-state index contributed by atoms with van der Waals surface area (Å²) in [6, 6.07) is 4.56. The minimum Gasteiger partial charge on any atom is -0.478 e. The Balaban J connectivity index is 2.77. The SMILES string of the molecule is Cc1cc(NC(=O)OC(C)C)ccc1C(=O)O. The molecule has 0 aliphatic carbocycles. The number of aromatic carboxylic acids is 1. The van der Waals surface area contributed by atoms with E-state index < -0.39 is 12.1 Å². The average Bonchev–Trinajstić information content (AvgIpc) is 2.15. The van der Waals surface area contributed by atoms with Gasteiger partial charge in [-0.15, -0.1) is 0 Å². The van der Waals surface area contributed by atoms with Crippen molar-refractivity contribution in [2.45, 2.75) is 26.9 Å². The van der Waals surface area contributed by atoms with E-state index in [1.165, 1.54) is 12.1 Å². The highest BCUT2D eigenvalue weighted by Gasteiger charge is 2.09. The molecule has 0 bridgehead atoms. The van der Waals surface area contributed by atoms with Crippen LogP contribution in [0.1, 0.15) is 29.8 Å². The first-order valence-corrected chi connectivity index (χ1v) is 5.21. The third-order valence-corrected chi connectivity index (χ3v) is 2.05. The molecule has 0 aromatic heterocycles. The summed E-state index contributed by atoms with van der Waals surface area (Å²) < 4.78 is 4.91. The lowest BCUT2D eigenvalue weighted by Gasteiger charge is -2.10. The number of carboxylic acids is 1. The number of hydrogen-bond acceptors (Lipinski definition) is 3. The Morgan fingerprint density at radius 2 is 2.00 bits per heavy atom. The third kappa shape index (κ3) is 3.79. The molecule has 0 radical (unpaired) electrons. The molecular formula is C12H15NO4. The van der Waals surface area contributed by atoms with Crippen molar-refractivity contribution in [3.63, 3.8) is 0 Å². The van der Waals surface area contributed by atoms with Crippen LogP contribution < -0.4 is 5.32 Å². The minimum absolute atomic E-state index is 0.200. The molecule has 2 N–H and O–H groups in total. The molecule has 17 heavy (non-hydrogen) atoms. The van der Waals surface area contributed by atoms with Gasteiger partial charge in [-0.05, 0) is 44.5 Å². The van der Waals surface area contributed by atoms with Crippen molar-refractivity contribution >= 4 is 17.7 Å². The maximum absolute atomic E-state index is 11.3. The van der Waals surface area contributed by atoms with Crippen molar-refractivity contribution in [2.75, 3.05) is 5.32 Å². The van der Waals surface area contributed by atoms with Crippen LogP contribution in [0.15, 0.2) is 18.2 Å². The first kappa shape index (κ1) is 13.0. The van der Waals surface area contributed by atoms with Crippen molar-refractivity contribution in [3.05, 3.63) is 29.3 Å². The number of nitrogens with one attached hydrogen (secondary N) is 1. The van der Waals surface area contributed by atoms with E-state index >= 15 is 0 Å². The summed E-state index contributed by atoms with van der Waals surface area (Å²) in [4.78, 5) is 22.1. The van der Waals surface area contributed by atoms with Gasteiger partial charge >= 0.3 is 12.1 Å². The molecule has 0 aliphatic rings. The Morgan fingerprint density at radius 1 is 1.35 bits per heavy atom. The predicted octanol–water partition coefficient (Wildman–Crippen LogP) is 2.65. The number of carbonyl (C=O) groups is 2. The van der Waals surface area contributed by atoms with Gasteiger partial charge in [-0.3, -0.25) is 5.32 Å². The minimum atomic E-state index is -0.987. The molecule has 0 fully saturated rings. The first-order chi connectivity index (χ1) is 7.90. The molecular weight excluding hydrogens is 222 g/mol.